The molecule has 0 unspecified atom stereocenters. The van der Waals surface area contributed by atoms with Crippen LogP contribution in [0, 0.1) is 6.92 Å². The van der Waals surface area contributed by atoms with Crippen molar-refractivity contribution in [2.45, 2.75) is 6.92 Å². The van der Waals surface area contributed by atoms with E-state index in [0.29, 0.717) is 16.9 Å². The Morgan fingerprint density at radius 2 is 1.41 bits per heavy atom. The molecule has 0 saturated carbocycles. The second-order valence-corrected chi connectivity index (χ2v) is 7.18. The number of carbonyl (C=O) groups is 2. The molecule has 32 heavy (non-hydrogen) atoms. The number of hydrogen-bond donors (Lipinski definition) is 3. The summed E-state index contributed by atoms with van der Waals surface area (Å²) in [5.41, 5.74) is 8.48. The highest BCUT2D eigenvalue weighted by atomic mass is 16.5. The molecule has 4 aromatic rings. The van der Waals surface area contributed by atoms with Crippen LogP contribution in [0.25, 0.3) is 10.9 Å². The Morgan fingerprint density at radius 1 is 0.812 bits per heavy atom. The number of fused-ring (bicyclic) bond motifs is 1. The number of hydrogen-bond acceptors (Lipinski definition) is 5. The standard InChI is InChI=1S/C25H22N4O3/c1-16-15-23(27-22-6-4-3-5-21(16)22)26-19-11-7-17(8-12-19)24(30)28-29-25(31)18-9-13-20(32-2)14-10-18/h3-15H,1-2H3,(H,26,27)(H,28,30)(H,29,31). The van der Waals surface area contributed by atoms with E-state index < -0.39 is 11.8 Å². The number of ether oxygens (including phenoxy) is 1. The van der Waals surface area contributed by atoms with E-state index in [-0.39, 0.29) is 0 Å². The number of hydrazine groups is 1. The van der Waals surface area contributed by atoms with Crippen molar-refractivity contribution in [2.75, 3.05) is 12.4 Å². The van der Waals surface area contributed by atoms with Gasteiger partial charge in [-0.2, -0.15) is 0 Å². The highest BCUT2D eigenvalue weighted by Crippen LogP contribution is 2.22. The summed E-state index contributed by atoms with van der Waals surface area (Å²) in [5, 5.41) is 4.37. The molecular weight excluding hydrogens is 404 g/mol. The summed E-state index contributed by atoms with van der Waals surface area (Å²) in [6, 6.07) is 23.4. The molecule has 0 bridgehead atoms. The molecule has 0 aliphatic carbocycles. The van der Waals surface area contributed by atoms with Gasteiger partial charge < -0.3 is 10.1 Å². The molecule has 0 radical (unpaired) electrons. The zero-order valence-electron chi connectivity index (χ0n) is 17.7. The maximum absolute atomic E-state index is 12.4. The lowest BCUT2D eigenvalue weighted by Gasteiger charge is -2.10. The monoisotopic (exact) mass is 426 g/mol. The highest BCUT2D eigenvalue weighted by molar-refractivity contribution is 5.99. The van der Waals surface area contributed by atoms with E-state index in [9.17, 15) is 9.59 Å². The van der Waals surface area contributed by atoms with E-state index in [4.69, 9.17) is 4.74 Å². The lowest BCUT2D eigenvalue weighted by atomic mass is 10.1. The van der Waals surface area contributed by atoms with Crippen molar-refractivity contribution >= 4 is 34.2 Å². The highest BCUT2D eigenvalue weighted by Gasteiger charge is 2.10. The van der Waals surface area contributed by atoms with E-state index in [0.717, 1.165) is 28.0 Å². The number of aromatic nitrogens is 1. The van der Waals surface area contributed by atoms with Gasteiger partial charge in [0.15, 0.2) is 0 Å². The summed E-state index contributed by atoms with van der Waals surface area (Å²) >= 11 is 0. The second-order valence-electron chi connectivity index (χ2n) is 7.18. The Balaban J connectivity index is 1.37. The van der Waals surface area contributed by atoms with E-state index in [2.05, 4.69) is 21.2 Å². The summed E-state index contributed by atoms with van der Waals surface area (Å²) in [6.45, 7) is 2.04. The van der Waals surface area contributed by atoms with Crippen LogP contribution in [0.1, 0.15) is 26.3 Å². The van der Waals surface area contributed by atoms with Crippen LogP contribution in [0.15, 0.2) is 78.9 Å². The first kappa shape index (κ1) is 20.9. The summed E-state index contributed by atoms with van der Waals surface area (Å²) in [6.07, 6.45) is 0. The Bertz CT molecular complexity index is 1270. The molecule has 3 aromatic carbocycles. The van der Waals surface area contributed by atoms with E-state index >= 15 is 0 Å². The van der Waals surface area contributed by atoms with Crippen molar-refractivity contribution in [2.24, 2.45) is 0 Å². The molecule has 0 spiro atoms. The Labute approximate surface area is 185 Å². The lowest BCUT2D eigenvalue weighted by molar-refractivity contribution is 0.0846. The molecule has 0 fully saturated rings. The molecule has 7 heteroatoms. The fourth-order valence-corrected chi connectivity index (χ4v) is 3.27. The second kappa shape index (κ2) is 9.18. The lowest BCUT2D eigenvalue weighted by Crippen LogP contribution is -2.41. The van der Waals surface area contributed by atoms with Crippen LogP contribution in [0.4, 0.5) is 11.5 Å². The molecule has 3 N–H and O–H groups in total. The molecule has 2 amide bonds. The van der Waals surface area contributed by atoms with Gasteiger partial charge in [-0.15, -0.1) is 0 Å². The number of benzene rings is 3. The predicted octanol–water partition coefficient (Wildman–Crippen LogP) is 4.37. The fourth-order valence-electron chi connectivity index (χ4n) is 3.27. The molecule has 160 valence electrons. The van der Waals surface area contributed by atoms with Crippen LogP contribution in [-0.4, -0.2) is 23.9 Å². The van der Waals surface area contributed by atoms with Crippen LogP contribution >= 0.6 is 0 Å². The van der Waals surface area contributed by atoms with Gasteiger partial charge in [0, 0.05) is 22.2 Å². The first-order valence-electron chi connectivity index (χ1n) is 10.0. The molecule has 1 aromatic heterocycles. The Morgan fingerprint density at radius 3 is 2.03 bits per heavy atom. The van der Waals surface area contributed by atoms with Crippen molar-refractivity contribution in [3.8, 4) is 5.75 Å². The van der Waals surface area contributed by atoms with Crippen LogP contribution < -0.4 is 20.9 Å². The quantitative estimate of drug-likeness (QED) is 0.412. The van der Waals surface area contributed by atoms with Crippen molar-refractivity contribution in [3.05, 3.63) is 95.6 Å². The van der Waals surface area contributed by atoms with E-state index in [1.54, 1.807) is 55.6 Å². The zero-order chi connectivity index (χ0) is 22.5. The van der Waals surface area contributed by atoms with Crippen molar-refractivity contribution in [3.63, 3.8) is 0 Å². The van der Waals surface area contributed by atoms with Crippen molar-refractivity contribution in [1.29, 1.82) is 0 Å². The van der Waals surface area contributed by atoms with Crippen LogP contribution in [-0.2, 0) is 0 Å². The van der Waals surface area contributed by atoms with Crippen LogP contribution in [0.3, 0.4) is 0 Å². The van der Waals surface area contributed by atoms with Gasteiger partial charge in [-0.25, -0.2) is 4.98 Å². The average molecular weight is 426 g/mol. The number of aryl methyl sites for hydroxylation is 1. The Hall–Kier alpha value is -4.39. The minimum atomic E-state index is -0.419. The first-order chi connectivity index (χ1) is 15.5. The van der Waals surface area contributed by atoms with Gasteiger partial charge in [0.2, 0.25) is 0 Å². The minimum absolute atomic E-state index is 0.406. The van der Waals surface area contributed by atoms with Gasteiger partial charge in [0.1, 0.15) is 11.6 Å². The Kier molecular flexibility index (Phi) is 5.98. The predicted molar refractivity (Wildman–Crippen MR) is 124 cm³/mol. The number of rotatable bonds is 5. The summed E-state index contributed by atoms with van der Waals surface area (Å²) < 4.78 is 5.07. The van der Waals surface area contributed by atoms with Gasteiger partial charge in [-0.1, -0.05) is 18.2 Å². The molecule has 4 rings (SSSR count). The number of para-hydroxylation sites is 1. The number of amides is 2. The third kappa shape index (κ3) is 4.67. The number of nitrogens with one attached hydrogen (secondary N) is 3. The molecule has 0 aliphatic heterocycles. The maximum atomic E-state index is 12.4. The largest absolute Gasteiger partial charge is 0.497 e. The first-order valence-corrected chi connectivity index (χ1v) is 10.0. The van der Waals surface area contributed by atoms with Gasteiger partial charge in [-0.3, -0.25) is 20.4 Å². The van der Waals surface area contributed by atoms with Gasteiger partial charge >= 0.3 is 0 Å². The van der Waals surface area contributed by atoms with Gasteiger partial charge in [0.05, 0.1) is 12.6 Å². The number of nitrogens with zero attached hydrogens (tertiary/aromatic N) is 1. The van der Waals surface area contributed by atoms with Gasteiger partial charge in [0.25, 0.3) is 11.8 Å². The number of methoxy groups -OCH3 is 1. The zero-order valence-corrected chi connectivity index (χ0v) is 17.7. The van der Waals surface area contributed by atoms with Crippen molar-refractivity contribution < 1.29 is 14.3 Å². The normalized spacial score (nSPS) is 10.4. The smallest absolute Gasteiger partial charge is 0.269 e. The minimum Gasteiger partial charge on any atom is -0.497 e. The topological polar surface area (TPSA) is 92.4 Å². The van der Waals surface area contributed by atoms with E-state index in [1.807, 2.05) is 37.3 Å². The third-order valence-electron chi connectivity index (χ3n) is 4.98. The molecular formula is C25H22N4O3. The van der Waals surface area contributed by atoms with Crippen LogP contribution in [0.2, 0.25) is 0 Å². The number of anilines is 2. The molecule has 0 aliphatic rings. The van der Waals surface area contributed by atoms with Gasteiger partial charge in [-0.05, 0) is 73.2 Å². The summed E-state index contributed by atoms with van der Waals surface area (Å²) in [5.74, 6) is 0.536. The summed E-state index contributed by atoms with van der Waals surface area (Å²) in [7, 11) is 1.55. The average Bonchev–Trinajstić information content (AvgIpc) is 2.83. The fraction of sp³-hybridized carbons (Fsp3) is 0.0800. The number of carbonyl (C=O) groups excluding carboxylic acids is 2. The SMILES string of the molecule is COc1ccc(C(=O)NNC(=O)c2ccc(Nc3cc(C)c4ccccc4n3)cc2)cc1. The molecule has 0 saturated heterocycles. The molecule has 0 atom stereocenters. The van der Waals surface area contributed by atoms with Crippen molar-refractivity contribution in [1.82, 2.24) is 15.8 Å². The maximum Gasteiger partial charge on any atom is 0.269 e. The van der Waals surface area contributed by atoms with Crippen LogP contribution in [0.5, 0.6) is 5.75 Å². The number of pyridine rings is 1. The summed E-state index contributed by atoms with van der Waals surface area (Å²) in [4.78, 5) is 29.2. The third-order valence-corrected chi connectivity index (χ3v) is 4.98. The van der Waals surface area contributed by atoms with E-state index in [1.165, 1.54) is 0 Å². The molecule has 7 nitrogen and oxygen atoms in total. The molecule has 1 heterocycles.